The summed E-state index contributed by atoms with van der Waals surface area (Å²) in [4.78, 5) is 4.39. The summed E-state index contributed by atoms with van der Waals surface area (Å²) in [5.74, 6) is -0.508. The SMILES string of the molecule is Cc1cccc2nc(CCl)n(-c3cc(F)c(Br)cc3F)c12. The molecule has 0 amide bonds. The fourth-order valence-corrected chi connectivity index (χ4v) is 2.87. The number of nitrogens with zero attached hydrogens (tertiary/aromatic N) is 2. The van der Waals surface area contributed by atoms with Crippen molar-refractivity contribution in [2.45, 2.75) is 12.8 Å². The third-order valence-corrected chi connectivity index (χ3v) is 4.14. The number of para-hydroxylation sites is 1. The Hall–Kier alpha value is -1.46. The van der Waals surface area contributed by atoms with Crippen LogP contribution in [0.25, 0.3) is 16.7 Å². The number of fused-ring (bicyclic) bond motifs is 1. The first-order valence-electron chi connectivity index (χ1n) is 6.20. The van der Waals surface area contributed by atoms with E-state index in [9.17, 15) is 8.78 Å². The maximum Gasteiger partial charge on any atom is 0.148 e. The lowest BCUT2D eigenvalue weighted by Gasteiger charge is -2.11. The molecule has 0 unspecified atom stereocenters. The highest BCUT2D eigenvalue weighted by Gasteiger charge is 2.18. The summed E-state index contributed by atoms with van der Waals surface area (Å²) in [6.45, 7) is 1.89. The predicted molar refractivity (Wildman–Crippen MR) is 83.0 cm³/mol. The smallest absolute Gasteiger partial charge is 0.148 e. The van der Waals surface area contributed by atoms with Crippen LogP contribution >= 0.6 is 27.5 Å². The summed E-state index contributed by atoms with van der Waals surface area (Å²) in [6.07, 6.45) is 0. The van der Waals surface area contributed by atoms with Gasteiger partial charge in [0.25, 0.3) is 0 Å². The van der Waals surface area contributed by atoms with Crippen LogP contribution in [-0.2, 0) is 5.88 Å². The minimum Gasteiger partial charge on any atom is -0.292 e. The molecular weight excluding hydrogens is 362 g/mol. The minimum absolute atomic E-state index is 0.0808. The van der Waals surface area contributed by atoms with Gasteiger partial charge in [-0.1, -0.05) is 12.1 Å². The van der Waals surface area contributed by atoms with Crippen LogP contribution in [0, 0.1) is 18.6 Å². The van der Waals surface area contributed by atoms with E-state index in [-0.39, 0.29) is 16.0 Å². The average molecular weight is 372 g/mol. The number of alkyl halides is 1. The number of aryl methyl sites for hydroxylation is 1. The van der Waals surface area contributed by atoms with Crippen LogP contribution in [0.5, 0.6) is 0 Å². The quantitative estimate of drug-likeness (QED) is 0.452. The number of hydrogen-bond acceptors (Lipinski definition) is 1. The Morgan fingerprint density at radius 3 is 2.71 bits per heavy atom. The van der Waals surface area contributed by atoms with E-state index < -0.39 is 11.6 Å². The fourth-order valence-electron chi connectivity index (χ4n) is 2.38. The van der Waals surface area contributed by atoms with Crippen molar-refractivity contribution >= 4 is 38.6 Å². The number of imidazole rings is 1. The normalized spacial score (nSPS) is 11.3. The van der Waals surface area contributed by atoms with Crippen molar-refractivity contribution in [2.24, 2.45) is 0 Å². The Morgan fingerprint density at radius 2 is 2.00 bits per heavy atom. The van der Waals surface area contributed by atoms with Crippen molar-refractivity contribution in [2.75, 3.05) is 0 Å². The van der Waals surface area contributed by atoms with Crippen LogP contribution in [-0.4, -0.2) is 9.55 Å². The number of halogens is 4. The van der Waals surface area contributed by atoms with Gasteiger partial charge in [0.15, 0.2) is 0 Å². The fraction of sp³-hybridized carbons (Fsp3) is 0.133. The Morgan fingerprint density at radius 1 is 1.24 bits per heavy atom. The van der Waals surface area contributed by atoms with E-state index in [1.165, 1.54) is 0 Å². The summed E-state index contributed by atoms with van der Waals surface area (Å²) in [5.41, 5.74) is 2.45. The molecule has 3 aromatic rings. The Balaban J connectivity index is 2.41. The molecule has 0 radical (unpaired) electrons. The number of benzene rings is 2. The zero-order chi connectivity index (χ0) is 15.1. The molecule has 0 N–H and O–H groups in total. The third-order valence-electron chi connectivity index (χ3n) is 3.30. The minimum atomic E-state index is -0.544. The van der Waals surface area contributed by atoms with Gasteiger partial charge in [-0.05, 0) is 40.5 Å². The van der Waals surface area contributed by atoms with E-state index >= 15 is 0 Å². The first-order chi connectivity index (χ1) is 10.0. The second-order valence-electron chi connectivity index (χ2n) is 4.66. The van der Waals surface area contributed by atoms with Gasteiger partial charge < -0.3 is 0 Å². The standard InChI is InChI=1S/C15H10BrClF2N2/c1-8-3-2-4-12-15(8)21(14(7-17)20-12)13-6-10(18)9(16)5-11(13)19/h2-6H,7H2,1H3. The van der Waals surface area contributed by atoms with Crippen molar-refractivity contribution in [1.29, 1.82) is 0 Å². The van der Waals surface area contributed by atoms with Gasteiger partial charge >= 0.3 is 0 Å². The molecule has 0 aliphatic rings. The van der Waals surface area contributed by atoms with Crippen LogP contribution in [0.3, 0.4) is 0 Å². The lowest BCUT2D eigenvalue weighted by molar-refractivity contribution is 0.587. The Labute approximate surface area is 133 Å². The molecule has 0 aliphatic heterocycles. The van der Waals surface area contributed by atoms with E-state index in [0.717, 1.165) is 23.2 Å². The second kappa shape index (κ2) is 5.39. The topological polar surface area (TPSA) is 17.8 Å². The Kier molecular flexibility index (Phi) is 3.71. The second-order valence-corrected chi connectivity index (χ2v) is 5.78. The molecular formula is C15H10BrClF2N2. The molecule has 108 valence electrons. The first-order valence-corrected chi connectivity index (χ1v) is 7.53. The van der Waals surface area contributed by atoms with Gasteiger partial charge in [0, 0.05) is 6.07 Å². The molecule has 21 heavy (non-hydrogen) atoms. The summed E-state index contributed by atoms with van der Waals surface area (Å²) in [5, 5.41) is 0. The largest absolute Gasteiger partial charge is 0.292 e. The summed E-state index contributed by atoms with van der Waals surface area (Å²) in [7, 11) is 0. The molecule has 0 saturated heterocycles. The maximum atomic E-state index is 14.3. The van der Waals surface area contributed by atoms with Crippen LogP contribution in [0.15, 0.2) is 34.8 Å². The van der Waals surface area contributed by atoms with Gasteiger partial charge in [0.1, 0.15) is 17.5 Å². The maximum absolute atomic E-state index is 14.3. The van der Waals surface area contributed by atoms with Crippen molar-refractivity contribution in [3.63, 3.8) is 0 Å². The van der Waals surface area contributed by atoms with Crippen molar-refractivity contribution in [1.82, 2.24) is 9.55 Å². The molecule has 2 aromatic carbocycles. The highest BCUT2D eigenvalue weighted by Crippen LogP contribution is 2.29. The monoisotopic (exact) mass is 370 g/mol. The third kappa shape index (κ3) is 2.34. The Bertz CT molecular complexity index is 845. The van der Waals surface area contributed by atoms with Crippen molar-refractivity contribution in [3.8, 4) is 5.69 Å². The summed E-state index contributed by atoms with van der Waals surface area (Å²) >= 11 is 8.90. The molecule has 6 heteroatoms. The zero-order valence-electron chi connectivity index (χ0n) is 11.0. The van der Waals surface area contributed by atoms with Crippen LogP contribution in [0.2, 0.25) is 0 Å². The molecule has 0 bridgehead atoms. The molecule has 3 rings (SSSR count). The first kappa shape index (κ1) is 14.5. The van der Waals surface area contributed by atoms with Crippen LogP contribution in [0.4, 0.5) is 8.78 Å². The molecule has 0 saturated carbocycles. The molecule has 0 fully saturated rings. The average Bonchev–Trinajstić information content (AvgIpc) is 2.82. The molecule has 0 atom stereocenters. The van der Waals surface area contributed by atoms with E-state index in [4.69, 9.17) is 11.6 Å². The number of hydrogen-bond donors (Lipinski definition) is 0. The lowest BCUT2D eigenvalue weighted by atomic mass is 10.2. The summed E-state index contributed by atoms with van der Waals surface area (Å²) in [6, 6.07) is 7.83. The van der Waals surface area contributed by atoms with Crippen molar-refractivity contribution < 1.29 is 8.78 Å². The van der Waals surface area contributed by atoms with Gasteiger partial charge in [0.2, 0.25) is 0 Å². The van der Waals surface area contributed by atoms with E-state index in [1.807, 2.05) is 25.1 Å². The number of aromatic nitrogens is 2. The van der Waals surface area contributed by atoms with Crippen LogP contribution in [0.1, 0.15) is 11.4 Å². The predicted octanol–water partition coefficient (Wildman–Crippen LogP) is 5.11. The molecule has 0 aliphatic carbocycles. The van der Waals surface area contributed by atoms with E-state index in [0.29, 0.717) is 11.3 Å². The van der Waals surface area contributed by atoms with Gasteiger partial charge in [-0.15, -0.1) is 11.6 Å². The van der Waals surface area contributed by atoms with Gasteiger partial charge in [-0.3, -0.25) is 4.57 Å². The molecule has 2 nitrogen and oxygen atoms in total. The van der Waals surface area contributed by atoms with Crippen molar-refractivity contribution in [3.05, 3.63) is 57.8 Å². The number of rotatable bonds is 2. The molecule has 0 spiro atoms. The van der Waals surface area contributed by atoms with E-state index in [1.54, 1.807) is 4.57 Å². The van der Waals surface area contributed by atoms with Gasteiger partial charge in [-0.25, -0.2) is 13.8 Å². The molecule has 1 aromatic heterocycles. The lowest BCUT2D eigenvalue weighted by Crippen LogP contribution is -2.04. The van der Waals surface area contributed by atoms with Crippen LogP contribution < -0.4 is 0 Å². The van der Waals surface area contributed by atoms with Gasteiger partial charge in [0.05, 0.1) is 27.1 Å². The zero-order valence-corrected chi connectivity index (χ0v) is 13.3. The highest BCUT2D eigenvalue weighted by atomic mass is 79.9. The van der Waals surface area contributed by atoms with E-state index in [2.05, 4.69) is 20.9 Å². The highest BCUT2D eigenvalue weighted by molar-refractivity contribution is 9.10. The summed E-state index contributed by atoms with van der Waals surface area (Å²) < 4.78 is 29.7. The molecule has 1 heterocycles. The van der Waals surface area contributed by atoms with Gasteiger partial charge in [-0.2, -0.15) is 0 Å².